The van der Waals surface area contributed by atoms with Crippen molar-refractivity contribution in [2.75, 3.05) is 10.6 Å². The summed E-state index contributed by atoms with van der Waals surface area (Å²) in [6.07, 6.45) is -3.17. The number of halogens is 3. The summed E-state index contributed by atoms with van der Waals surface area (Å²) in [5.41, 5.74) is 22.8. The van der Waals surface area contributed by atoms with Crippen LogP contribution in [0.4, 0.5) is 35.2 Å². The third-order valence-corrected chi connectivity index (χ3v) is 7.10. The van der Waals surface area contributed by atoms with Crippen molar-refractivity contribution in [1.82, 2.24) is 4.98 Å². The summed E-state index contributed by atoms with van der Waals surface area (Å²) in [7, 11) is 0. The maximum Gasteiger partial charge on any atom is 0.573 e. The summed E-state index contributed by atoms with van der Waals surface area (Å²) in [6, 6.07) is 19.5. The first-order valence-corrected chi connectivity index (χ1v) is 12.5. The highest BCUT2D eigenvalue weighted by molar-refractivity contribution is 7.18. The number of aromatic nitrogens is 1. The van der Waals surface area contributed by atoms with Gasteiger partial charge in [0.2, 0.25) is 0 Å². The Morgan fingerprint density at radius 3 is 2.26 bits per heavy atom. The van der Waals surface area contributed by atoms with Crippen molar-refractivity contribution in [1.29, 1.82) is 0 Å². The Morgan fingerprint density at radius 2 is 1.62 bits per heavy atom. The van der Waals surface area contributed by atoms with Crippen LogP contribution in [-0.2, 0) is 6.54 Å². The van der Waals surface area contributed by atoms with E-state index in [2.05, 4.69) is 9.72 Å². The van der Waals surface area contributed by atoms with Crippen molar-refractivity contribution in [2.45, 2.75) is 12.9 Å². The van der Waals surface area contributed by atoms with Gasteiger partial charge in [0.05, 0.1) is 11.4 Å². The number of carbonyl (C=O) groups excluding carboxylic acids is 1. The van der Waals surface area contributed by atoms with Crippen LogP contribution in [0, 0.1) is 0 Å². The van der Waals surface area contributed by atoms with Gasteiger partial charge >= 0.3 is 12.4 Å². The molecule has 0 fully saturated rings. The summed E-state index contributed by atoms with van der Waals surface area (Å²) in [5, 5.41) is 2.67. The Labute approximate surface area is 225 Å². The van der Waals surface area contributed by atoms with E-state index >= 15 is 0 Å². The van der Waals surface area contributed by atoms with E-state index in [1.54, 1.807) is 42.6 Å². The molecule has 3 aromatic carbocycles. The van der Waals surface area contributed by atoms with Crippen LogP contribution in [-0.4, -0.2) is 17.4 Å². The van der Waals surface area contributed by atoms with Crippen LogP contribution in [0.25, 0.3) is 32.3 Å². The van der Waals surface area contributed by atoms with Crippen LogP contribution in [0.2, 0.25) is 0 Å². The number of nitrogen functional groups attached to an aromatic ring is 1. The third kappa shape index (κ3) is 5.35. The van der Waals surface area contributed by atoms with Gasteiger partial charge in [0, 0.05) is 34.0 Å². The highest BCUT2D eigenvalue weighted by Crippen LogP contribution is 2.42. The number of amides is 2. The van der Waals surface area contributed by atoms with Crippen LogP contribution in [0.15, 0.2) is 84.4 Å². The number of rotatable bonds is 6. The van der Waals surface area contributed by atoms with E-state index in [9.17, 15) is 18.0 Å². The molecule has 0 spiro atoms. The number of nitrogens with two attached hydrogens (primary N) is 3. The lowest BCUT2D eigenvalue weighted by molar-refractivity contribution is -0.274. The number of ether oxygens (including phenoxy) is 1. The van der Waals surface area contributed by atoms with Gasteiger partial charge in [0.1, 0.15) is 11.6 Å². The number of benzene rings is 3. The second-order valence-corrected chi connectivity index (χ2v) is 9.46. The predicted molar refractivity (Wildman–Crippen MR) is 148 cm³/mol. The van der Waals surface area contributed by atoms with Crippen molar-refractivity contribution < 1.29 is 22.7 Å². The maximum absolute atomic E-state index is 12.5. The molecule has 7 nitrogen and oxygen atoms in total. The van der Waals surface area contributed by atoms with Crippen LogP contribution in [0.3, 0.4) is 0 Å². The molecule has 0 unspecified atom stereocenters. The third-order valence-electron chi connectivity index (χ3n) is 6.08. The molecule has 0 radical (unpaired) electrons. The lowest BCUT2D eigenvalue weighted by atomic mass is 10.0. The minimum Gasteiger partial charge on any atom is -0.406 e. The van der Waals surface area contributed by atoms with E-state index in [1.165, 1.54) is 28.4 Å². The quantitative estimate of drug-likeness (QED) is 0.215. The number of alkyl halides is 3. The summed E-state index contributed by atoms with van der Waals surface area (Å²) < 4.78 is 42.4. The Morgan fingerprint density at radius 1 is 0.949 bits per heavy atom. The van der Waals surface area contributed by atoms with Gasteiger partial charge in [-0.25, -0.2) is 9.78 Å². The molecule has 0 aliphatic heterocycles. The van der Waals surface area contributed by atoms with Gasteiger partial charge < -0.3 is 21.9 Å². The van der Waals surface area contributed by atoms with E-state index in [4.69, 9.17) is 17.2 Å². The first kappa shape index (κ1) is 26.0. The summed E-state index contributed by atoms with van der Waals surface area (Å²) in [5.74, 6) is 0.0149. The smallest absolute Gasteiger partial charge is 0.406 e. The number of thiophene rings is 1. The zero-order valence-electron chi connectivity index (χ0n) is 20.3. The van der Waals surface area contributed by atoms with Crippen LogP contribution < -0.4 is 26.8 Å². The molecule has 2 amide bonds. The lowest BCUT2D eigenvalue weighted by Crippen LogP contribution is -2.31. The molecule has 0 saturated heterocycles. The predicted octanol–water partition coefficient (Wildman–Crippen LogP) is 6.79. The lowest BCUT2D eigenvalue weighted by Gasteiger charge is -2.21. The second kappa shape index (κ2) is 10.3. The van der Waals surface area contributed by atoms with Crippen LogP contribution in [0.5, 0.6) is 5.75 Å². The summed E-state index contributed by atoms with van der Waals surface area (Å²) in [4.78, 5) is 18.1. The average Bonchev–Trinajstić information content (AvgIpc) is 3.35. The molecule has 5 aromatic rings. The first-order valence-electron chi connectivity index (χ1n) is 11.7. The molecular weight excluding hydrogens is 527 g/mol. The Bertz CT molecular complexity index is 1650. The Kier molecular flexibility index (Phi) is 6.85. The summed E-state index contributed by atoms with van der Waals surface area (Å²) >= 11 is 1.45. The number of carbonyl (C=O) groups is 1. The topological polar surface area (TPSA) is 120 Å². The molecule has 0 bridgehead atoms. The number of primary amides is 1. The number of urea groups is 1. The molecule has 0 aliphatic rings. The molecule has 11 heteroatoms. The van der Waals surface area contributed by atoms with E-state index < -0.39 is 12.4 Å². The Balaban J connectivity index is 1.50. The number of nitrogens with zero attached hydrogens (tertiary/aromatic N) is 2. The molecule has 6 N–H and O–H groups in total. The molecule has 0 atom stereocenters. The average molecular weight is 550 g/mol. The fraction of sp³-hybridized carbons (Fsp3) is 0.0714. The summed E-state index contributed by atoms with van der Waals surface area (Å²) in [6.45, 7) is 0.327. The zero-order chi connectivity index (χ0) is 27.7. The Hall–Kier alpha value is -4.61. The van der Waals surface area contributed by atoms with Crippen molar-refractivity contribution in [3.63, 3.8) is 0 Å². The number of hydrogen-bond donors (Lipinski definition) is 3. The van der Waals surface area contributed by atoms with Gasteiger partial charge in [0.25, 0.3) is 0 Å². The molecule has 2 aromatic heterocycles. The first-order chi connectivity index (χ1) is 18.6. The van der Waals surface area contributed by atoms with Gasteiger partial charge in [-0.15, -0.1) is 24.5 Å². The van der Waals surface area contributed by atoms with Crippen molar-refractivity contribution >= 4 is 44.6 Å². The fourth-order valence-electron chi connectivity index (χ4n) is 4.34. The standard InChI is InChI=1S/C28H22F3N5O2S/c29-28(30,31)38-21-10-6-17(7-11-21)22-14-35-26(33)24-23(15-39-25(22)24)18-4-8-19(9-5-18)36(27(34)37)20-3-1-2-16(12-20)13-32/h1-12,14-15H,13,32H2,(H2,33,35)(H2,34,37). The van der Waals surface area contributed by atoms with E-state index in [0.717, 1.165) is 32.3 Å². The molecular formula is C28H22F3N5O2S. The van der Waals surface area contributed by atoms with Gasteiger partial charge in [-0.05, 0) is 58.5 Å². The van der Waals surface area contributed by atoms with Crippen molar-refractivity contribution in [2.24, 2.45) is 11.5 Å². The zero-order valence-corrected chi connectivity index (χ0v) is 21.1. The molecule has 2 heterocycles. The van der Waals surface area contributed by atoms with Crippen LogP contribution >= 0.6 is 11.3 Å². The number of anilines is 3. The maximum atomic E-state index is 12.5. The van der Waals surface area contributed by atoms with Gasteiger partial charge in [-0.2, -0.15) is 0 Å². The number of pyridine rings is 1. The van der Waals surface area contributed by atoms with E-state index in [-0.39, 0.29) is 5.75 Å². The fourth-order valence-corrected chi connectivity index (χ4v) is 5.46. The van der Waals surface area contributed by atoms with Gasteiger partial charge in [-0.3, -0.25) is 4.90 Å². The van der Waals surface area contributed by atoms with E-state index in [1.807, 2.05) is 29.6 Å². The largest absolute Gasteiger partial charge is 0.573 e. The highest BCUT2D eigenvalue weighted by atomic mass is 32.1. The number of fused-ring (bicyclic) bond motifs is 1. The minimum absolute atomic E-state index is 0.308. The van der Waals surface area contributed by atoms with Gasteiger partial charge in [-0.1, -0.05) is 36.4 Å². The molecule has 198 valence electrons. The van der Waals surface area contributed by atoms with E-state index in [0.29, 0.717) is 29.3 Å². The molecule has 0 saturated carbocycles. The SMILES string of the molecule is NCc1cccc(N(C(N)=O)c2ccc(-c3csc4c(-c5ccc(OC(F)(F)F)cc5)cnc(N)c34)cc2)c1. The normalized spacial score (nSPS) is 11.5. The minimum atomic E-state index is -4.77. The van der Waals surface area contributed by atoms with Gasteiger partial charge in [0.15, 0.2) is 0 Å². The molecule has 39 heavy (non-hydrogen) atoms. The van der Waals surface area contributed by atoms with Crippen LogP contribution in [0.1, 0.15) is 5.56 Å². The van der Waals surface area contributed by atoms with Crippen molar-refractivity contribution in [3.8, 4) is 28.0 Å². The van der Waals surface area contributed by atoms with Crippen molar-refractivity contribution in [3.05, 3.63) is 89.9 Å². The molecule has 0 aliphatic carbocycles. The highest BCUT2D eigenvalue weighted by Gasteiger charge is 2.31. The monoisotopic (exact) mass is 549 g/mol. The number of hydrogen-bond acceptors (Lipinski definition) is 6. The molecule has 5 rings (SSSR count). The second-order valence-electron chi connectivity index (χ2n) is 8.58.